The molecule has 0 fully saturated rings. The number of ether oxygens (including phenoxy) is 1. The summed E-state index contributed by atoms with van der Waals surface area (Å²) in [4.78, 5) is 38.0. The van der Waals surface area contributed by atoms with Gasteiger partial charge >= 0.3 is 5.97 Å². The molecule has 0 aliphatic carbocycles. The summed E-state index contributed by atoms with van der Waals surface area (Å²) in [6.45, 7) is 2.22. The zero-order valence-corrected chi connectivity index (χ0v) is 16.9. The summed E-state index contributed by atoms with van der Waals surface area (Å²) in [5.74, 6) is -0.931. The van der Waals surface area contributed by atoms with Crippen molar-refractivity contribution in [1.29, 1.82) is 0 Å². The third-order valence-corrected chi connectivity index (χ3v) is 4.96. The third-order valence-electron chi connectivity index (χ3n) is 3.35. The number of carbonyl (C=O) groups excluding carboxylic acids is 3. The van der Waals surface area contributed by atoms with Gasteiger partial charge in [0.25, 0.3) is 5.91 Å². The number of esters is 1. The fourth-order valence-corrected chi connectivity index (χ4v) is 3.45. The van der Waals surface area contributed by atoms with Gasteiger partial charge in [0.15, 0.2) is 0 Å². The number of hydrogen-bond acceptors (Lipinski definition) is 5. The van der Waals surface area contributed by atoms with Crippen LogP contribution in [0.3, 0.4) is 0 Å². The summed E-state index contributed by atoms with van der Waals surface area (Å²) in [5, 5.41) is 2.70. The van der Waals surface area contributed by atoms with Gasteiger partial charge in [-0.05, 0) is 58.7 Å². The summed E-state index contributed by atoms with van der Waals surface area (Å²) < 4.78 is 5.91. The van der Waals surface area contributed by atoms with Crippen molar-refractivity contribution in [2.45, 2.75) is 13.3 Å². The SMILES string of the molecule is CCCOC(=O)c1ccc(NC(=O)CN(C)C(=O)c2ccc(Br)s2)cc1. The first kappa shape index (κ1) is 20.1. The van der Waals surface area contributed by atoms with Crippen molar-refractivity contribution in [1.82, 2.24) is 4.90 Å². The predicted molar refractivity (Wildman–Crippen MR) is 105 cm³/mol. The second-order valence-corrected chi connectivity index (χ2v) is 7.99. The third kappa shape index (κ3) is 5.67. The maximum absolute atomic E-state index is 12.2. The Kier molecular flexibility index (Phi) is 7.35. The lowest BCUT2D eigenvalue weighted by molar-refractivity contribution is -0.116. The minimum absolute atomic E-state index is 0.0748. The van der Waals surface area contributed by atoms with E-state index in [0.717, 1.165) is 10.2 Å². The van der Waals surface area contributed by atoms with Crippen LogP contribution in [0.2, 0.25) is 0 Å². The summed E-state index contributed by atoms with van der Waals surface area (Å²) in [7, 11) is 1.57. The van der Waals surface area contributed by atoms with Gasteiger partial charge in [0.1, 0.15) is 0 Å². The van der Waals surface area contributed by atoms with E-state index in [9.17, 15) is 14.4 Å². The zero-order valence-electron chi connectivity index (χ0n) is 14.5. The standard InChI is InChI=1S/C18H19BrN2O4S/c1-3-10-25-18(24)12-4-6-13(7-5-12)20-16(22)11-21(2)17(23)14-8-9-15(19)26-14/h4-9H,3,10-11H2,1-2H3,(H,20,22). The van der Waals surface area contributed by atoms with Crippen LogP contribution < -0.4 is 5.32 Å². The maximum atomic E-state index is 12.2. The van der Waals surface area contributed by atoms with Crippen LogP contribution in [0.1, 0.15) is 33.4 Å². The molecule has 0 aliphatic heterocycles. The lowest BCUT2D eigenvalue weighted by Crippen LogP contribution is -2.34. The van der Waals surface area contributed by atoms with Crippen molar-refractivity contribution in [3.05, 3.63) is 50.6 Å². The molecular formula is C18H19BrN2O4S. The highest BCUT2D eigenvalue weighted by Gasteiger charge is 2.17. The molecule has 26 heavy (non-hydrogen) atoms. The average Bonchev–Trinajstić information content (AvgIpc) is 3.05. The first-order valence-electron chi connectivity index (χ1n) is 7.98. The van der Waals surface area contributed by atoms with Gasteiger partial charge in [0.2, 0.25) is 5.91 Å². The van der Waals surface area contributed by atoms with Crippen LogP contribution in [0.4, 0.5) is 5.69 Å². The van der Waals surface area contributed by atoms with E-state index in [1.807, 2.05) is 6.92 Å². The number of rotatable bonds is 7. The minimum atomic E-state index is -0.392. The fourth-order valence-electron chi connectivity index (χ4n) is 2.07. The quantitative estimate of drug-likeness (QED) is 0.667. The Morgan fingerprint density at radius 3 is 2.42 bits per heavy atom. The molecule has 1 heterocycles. The fraction of sp³-hybridized carbons (Fsp3) is 0.278. The number of likely N-dealkylation sites (N-methyl/N-ethyl adjacent to an activating group) is 1. The molecule has 2 aromatic rings. The molecular weight excluding hydrogens is 420 g/mol. The van der Waals surface area contributed by atoms with E-state index in [4.69, 9.17) is 4.74 Å². The van der Waals surface area contributed by atoms with E-state index in [-0.39, 0.29) is 18.4 Å². The number of nitrogens with zero attached hydrogens (tertiary/aromatic N) is 1. The Morgan fingerprint density at radius 1 is 1.15 bits per heavy atom. The molecule has 2 amide bonds. The topological polar surface area (TPSA) is 75.7 Å². The van der Waals surface area contributed by atoms with Crippen molar-refractivity contribution in [3.8, 4) is 0 Å². The van der Waals surface area contributed by atoms with Crippen LogP contribution in [0, 0.1) is 0 Å². The molecule has 8 heteroatoms. The number of thiophene rings is 1. The van der Waals surface area contributed by atoms with Crippen LogP contribution in [0.15, 0.2) is 40.2 Å². The summed E-state index contributed by atoms with van der Waals surface area (Å²) in [6.07, 6.45) is 0.758. The molecule has 0 saturated heterocycles. The number of carbonyl (C=O) groups is 3. The molecule has 0 atom stereocenters. The highest BCUT2D eigenvalue weighted by Crippen LogP contribution is 2.23. The molecule has 1 aromatic heterocycles. The molecule has 0 spiro atoms. The maximum Gasteiger partial charge on any atom is 0.338 e. The van der Waals surface area contributed by atoms with Crippen LogP contribution in [0.5, 0.6) is 0 Å². The first-order valence-corrected chi connectivity index (χ1v) is 9.59. The van der Waals surface area contributed by atoms with Crippen LogP contribution in [-0.2, 0) is 9.53 Å². The lowest BCUT2D eigenvalue weighted by Gasteiger charge is -2.16. The summed E-state index contributed by atoms with van der Waals surface area (Å²) >= 11 is 4.62. The van der Waals surface area contributed by atoms with Gasteiger partial charge in [-0.2, -0.15) is 0 Å². The normalized spacial score (nSPS) is 10.3. The van der Waals surface area contributed by atoms with Crippen LogP contribution in [0.25, 0.3) is 0 Å². The largest absolute Gasteiger partial charge is 0.462 e. The molecule has 0 radical (unpaired) electrons. The lowest BCUT2D eigenvalue weighted by atomic mass is 10.2. The second-order valence-electron chi connectivity index (χ2n) is 5.53. The van der Waals surface area contributed by atoms with Gasteiger partial charge in [-0.1, -0.05) is 6.92 Å². The van der Waals surface area contributed by atoms with E-state index >= 15 is 0 Å². The zero-order chi connectivity index (χ0) is 19.1. The molecule has 2 rings (SSSR count). The Hall–Kier alpha value is -2.19. The number of amides is 2. The van der Waals surface area contributed by atoms with Gasteiger partial charge in [0, 0.05) is 12.7 Å². The molecule has 0 saturated carbocycles. The number of hydrogen-bond donors (Lipinski definition) is 1. The van der Waals surface area contributed by atoms with Crippen LogP contribution >= 0.6 is 27.3 Å². The van der Waals surface area contributed by atoms with Gasteiger partial charge in [-0.15, -0.1) is 11.3 Å². The van der Waals surface area contributed by atoms with Crippen molar-refractivity contribution in [3.63, 3.8) is 0 Å². The predicted octanol–water partition coefficient (Wildman–Crippen LogP) is 3.79. The molecule has 0 aliphatic rings. The Bertz CT molecular complexity index is 789. The van der Waals surface area contributed by atoms with Crippen molar-refractivity contribution in [2.75, 3.05) is 25.5 Å². The van der Waals surface area contributed by atoms with Gasteiger partial charge in [-0.25, -0.2) is 4.79 Å². The van der Waals surface area contributed by atoms with E-state index in [0.29, 0.717) is 22.7 Å². The molecule has 0 unspecified atom stereocenters. The van der Waals surface area contributed by atoms with Crippen molar-refractivity contribution in [2.24, 2.45) is 0 Å². The monoisotopic (exact) mass is 438 g/mol. The Labute approximate surface area is 164 Å². The minimum Gasteiger partial charge on any atom is -0.462 e. The Morgan fingerprint density at radius 2 is 1.85 bits per heavy atom. The van der Waals surface area contributed by atoms with E-state index in [1.165, 1.54) is 16.2 Å². The second kappa shape index (κ2) is 9.49. The van der Waals surface area contributed by atoms with Gasteiger partial charge in [0.05, 0.1) is 27.4 Å². The average molecular weight is 439 g/mol. The Balaban J connectivity index is 1.89. The number of anilines is 1. The van der Waals surface area contributed by atoms with E-state index in [1.54, 1.807) is 43.4 Å². The summed E-state index contributed by atoms with van der Waals surface area (Å²) in [6, 6.07) is 9.93. The van der Waals surface area contributed by atoms with Crippen LogP contribution in [-0.4, -0.2) is 42.9 Å². The number of nitrogens with one attached hydrogen (secondary N) is 1. The number of halogens is 1. The van der Waals surface area contributed by atoms with Gasteiger partial charge in [-0.3, -0.25) is 9.59 Å². The van der Waals surface area contributed by atoms with E-state index < -0.39 is 5.97 Å². The van der Waals surface area contributed by atoms with Crippen molar-refractivity contribution < 1.29 is 19.1 Å². The molecule has 6 nitrogen and oxygen atoms in total. The first-order chi connectivity index (χ1) is 12.4. The molecule has 1 aromatic carbocycles. The van der Waals surface area contributed by atoms with Crippen molar-refractivity contribution >= 4 is 50.7 Å². The van der Waals surface area contributed by atoms with E-state index in [2.05, 4.69) is 21.2 Å². The molecule has 0 bridgehead atoms. The summed E-state index contributed by atoms with van der Waals surface area (Å²) in [5.41, 5.74) is 0.966. The highest BCUT2D eigenvalue weighted by atomic mass is 79.9. The number of benzene rings is 1. The molecule has 1 N–H and O–H groups in total. The highest BCUT2D eigenvalue weighted by molar-refractivity contribution is 9.11. The smallest absolute Gasteiger partial charge is 0.338 e. The van der Waals surface area contributed by atoms with Gasteiger partial charge < -0.3 is 15.0 Å². The molecule has 138 valence electrons.